The Morgan fingerprint density at radius 3 is 2.52 bits per heavy atom. The predicted molar refractivity (Wildman–Crippen MR) is 116 cm³/mol. The van der Waals surface area contributed by atoms with Crippen LogP contribution in [-0.2, 0) is 17.5 Å². The molecular weight excluding hydrogens is 434 g/mol. The summed E-state index contributed by atoms with van der Waals surface area (Å²) in [6.45, 7) is 0.428. The Kier molecular flexibility index (Phi) is 5.15. The Bertz CT molecular complexity index is 1340. The van der Waals surface area contributed by atoms with E-state index in [0.717, 1.165) is 17.6 Å². The van der Waals surface area contributed by atoms with Gasteiger partial charge in [0.2, 0.25) is 5.91 Å². The smallest absolute Gasteiger partial charge is 0.323 e. The molecule has 8 heteroatoms. The van der Waals surface area contributed by atoms with Gasteiger partial charge in [-0.15, -0.1) is 0 Å². The van der Waals surface area contributed by atoms with E-state index >= 15 is 0 Å². The highest BCUT2D eigenvalue weighted by atomic mass is 19.4. The summed E-state index contributed by atoms with van der Waals surface area (Å²) < 4.78 is 55.7. The van der Waals surface area contributed by atoms with Crippen molar-refractivity contribution in [3.63, 3.8) is 0 Å². The number of aromatic nitrogens is 2. The first-order chi connectivity index (χ1) is 15.8. The maximum absolute atomic E-state index is 14.4. The molecule has 3 aromatic carbocycles. The molecule has 4 aromatic rings. The summed E-state index contributed by atoms with van der Waals surface area (Å²) in [5, 5.41) is 0. The fourth-order valence-electron chi connectivity index (χ4n) is 4.35. The van der Waals surface area contributed by atoms with Crippen LogP contribution >= 0.6 is 0 Å². The van der Waals surface area contributed by atoms with Gasteiger partial charge in [-0.05, 0) is 36.4 Å². The molecule has 0 saturated carbocycles. The highest BCUT2D eigenvalue weighted by molar-refractivity contribution is 5.96. The molecule has 1 aliphatic rings. The number of anilines is 1. The molecule has 0 spiro atoms. The second-order valence-corrected chi connectivity index (χ2v) is 8.09. The molecule has 168 valence electrons. The van der Waals surface area contributed by atoms with Crippen LogP contribution in [0.3, 0.4) is 0 Å². The van der Waals surface area contributed by atoms with Gasteiger partial charge in [-0.2, -0.15) is 13.2 Å². The summed E-state index contributed by atoms with van der Waals surface area (Å²) in [6.07, 6.45) is -4.39. The maximum atomic E-state index is 14.4. The van der Waals surface area contributed by atoms with E-state index < -0.39 is 11.7 Å². The Hall–Kier alpha value is -3.68. The summed E-state index contributed by atoms with van der Waals surface area (Å²) in [6, 6.07) is 18.7. The fourth-order valence-corrected chi connectivity index (χ4v) is 4.35. The Labute approximate surface area is 187 Å². The van der Waals surface area contributed by atoms with Crippen LogP contribution < -0.4 is 4.90 Å². The zero-order valence-corrected chi connectivity index (χ0v) is 17.4. The van der Waals surface area contributed by atoms with Crippen molar-refractivity contribution < 1.29 is 22.4 Å². The molecule has 2 heterocycles. The van der Waals surface area contributed by atoms with E-state index in [1.807, 2.05) is 28.8 Å². The number of benzene rings is 3. The summed E-state index contributed by atoms with van der Waals surface area (Å²) in [5.74, 6) is -0.341. The topological polar surface area (TPSA) is 38.1 Å². The van der Waals surface area contributed by atoms with Gasteiger partial charge in [0.05, 0.1) is 23.1 Å². The molecule has 1 atom stereocenters. The molecule has 33 heavy (non-hydrogen) atoms. The van der Waals surface area contributed by atoms with E-state index in [9.17, 15) is 22.4 Å². The average Bonchev–Trinajstić information content (AvgIpc) is 3.35. The average molecular weight is 453 g/mol. The summed E-state index contributed by atoms with van der Waals surface area (Å²) in [7, 11) is 0. The number of rotatable bonds is 4. The first kappa shape index (κ1) is 21.2. The lowest BCUT2D eigenvalue weighted by atomic mass is 10.1. The number of para-hydroxylation sites is 2. The molecule has 0 unspecified atom stereocenters. The van der Waals surface area contributed by atoms with E-state index in [1.165, 1.54) is 23.1 Å². The molecule has 0 N–H and O–H groups in total. The number of hydrogen-bond donors (Lipinski definition) is 0. The van der Waals surface area contributed by atoms with Crippen LogP contribution in [0, 0.1) is 5.82 Å². The molecule has 0 aliphatic carbocycles. The van der Waals surface area contributed by atoms with Crippen LogP contribution in [0.4, 0.5) is 23.2 Å². The minimum Gasteiger partial charge on any atom is -0.323 e. The van der Waals surface area contributed by atoms with Crippen LogP contribution in [0.1, 0.15) is 29.3 Å². The number of halogens is 4. The first-order valence-corrected chi connectivity index (χ1v) is 10.5. The van der Waals surface area contributed by atoms with E-state index in [1.54, 1.807) is 18.2 Å². The number of imidazole rings is 1. The van der Waals surface area contributed by atoms with Crippen molar-refractivity contribution in [3.8, 4) is 0 Å². The first-order valence-electron chi connectivity index (χ1n) is 10.5. The highest BCUT2D eigenvalue weighted by Gasteiger charge is 2.36. The maximum Gasteiger partial charge on any atom is 0.416 e. The van der Waals surface area contributed by atoms with Gasteiger partial charge in [-0.1, -0.05) is 36.4 Å². The largest absolute Gasteiger partial charge is 0.416 e. The number of amides is 1. The molecule has 4 nitrogen and oxygen atoms in total. The monoisotopic (exact) mass is 453 g/mol. The van der Waals surface area contributed by atoms with Crippen LogP contribution in [0.15, 0.2) is 72.8 Å². The molecule has 1 amide bonds. The van der Waals surface area contributed by atoms with Crippen molar-refractivity contribution in [2.45, 2.75) is 25.1 Å². The molecule has 1 saturated heterocycles. The summed E-state index contributed by atoms with van der Waals surface area (Å²) in [4.78, 5) is 18.9. The Morgan fingerprint density at radius 1 is 0.970 bits per heavy atom. The minimum absolute atomic E-state index is 0.108. The van der Waals surface area contributed by atoms with Gasteiger partial charge < -0.3 is 9.47 Å². The van der Waals surface area contributed by atoms with Crippen molar-refractivity contribution in [3.05, 3.63) is 95.6 Å². The number of carbonyl (C=O) groups is 1. The SMILES string of the molecule is O=C1C[C@@H](c2nc3ccccc3n2Cc2ccccc2F)CN1c1cccc(C(F)(F)F)c1. The van der Waals surface area contributed by atoms with Gasteiger partial charge in [-0.25, -0.2) is 9.37 Å². The van der Waals surface area contributed by atoms with Crippen LogP contribution in [0.25, 0.3) is 11.0 Å². The van der Waals surface area contributed by atoms with Gasteiger partial charge in [0.1, 0.15) is 11.6 Å². The van der Waals surface area contributed by atoms with Crippen LogP contribution in [0.5, 0.6) is 0 Å². The third kappa shape index (κ3) is 3.97. The number of nitrogens with zero attached hydrogens (tertiary/aromatic N) is 3. The molecule has 0 radical (unpaired) electrons. The summed E-state index contributed by atoms with van der Waals surface area (Å²) in [5.41, 5.74) is 1.41. The molecule has 0 bridgehead atoms. The molecule has 5 rings (SSSR count). The van der Waals surface area contributed by atoms with E-state index in [0.29, 0.717) is 16.9 Å². The molecular formula is C25H19F4N3O. The van der Waals surface area contributed by atoms with E-state index in [2.05, 4.69) is 0 Å². The standard InChI is InChI=1S/C25H19F4N3O/c26-20-9-2-1-6-16(20)14-32-22-11-4-3-10-21(22)30-24(32)17-12-23(33)31(15-17)19-8-5-7-18(13-19)25(27,28)29/h1-11,13,17H,12,14-15H2/t17-/m1/s1. The molecule has 1 fully saturated rings. The summed E-state index contributed by atoms with van der Waals surface area (Å²) >= 11 is 0. The third-order valence-corrected chi connectivity index (χ3v) is 5.95. The lowest BCUT2D eigenvalue weighted by Gasteiger charge is -2.19. The third-order valence-electron chi connectivity index (χ3n) is 5.95. The number of hydrogen-bond acceptors (Lipinski definition) is 2. The van der Waals surface area contributed by atoms with E-state index in [-0.39, 0.29) is 42.8 Å². The van der Waals surface area contributed by atoms with Gasteiger partial charge >= 0.3 is 6.18 Å². The van der Waals surface area contributed by atoms with E-state index in [4.69, 9.17) is 4.98 Å². The van der Waals surface area contributed by atoms with Crippen LogP contribution in [0.2, 0.25) is 0 Å². The van der Waals surface area contributed by atoms with Crippen molar-refractivity contribution >= 4 is 22.6 Å². The Morgan fingerprint density at radius 2 is 1.73 bits per heavy atom. The molecule has 1 aliphatic heterocycles. The van der Waals surface area contributed by atoms with Crippen molar-refractivity contribution in [1.29, 1.82) is 0 Å². The van der Waals surface area contributed by atoms with Gasteiger partial charge in [0, 0.05) is 30.1 Å². The van der Waals surface area contributed by atoms with Crippen molar-refractivity contribution in [2.24, 2.45) is 0 Å². The van der Waals surface area contributed by atoms with Crippen LogP contribution in [-0.4, -0.2) is 22.0 Å². The quantitative estimate of drug-likeness (QED) is 0.369. The Balaban J connectivity index is 1.52. The second kappa shape index (κ2) is 8.03. The van der Waals surface area contributed by atoms with Gasteiger partial charge in [0.15, 0.2) is 0 Å². The van der Waals surface area contributed by atoms with Crippen molar-refractivity contribution in [2.75, 3.05) is 11.4 Å². The minimum atomic E-state index is -4.49. The predicted octanol–water partition coefficient (Wildman–Crippen LogP) is 5.76. The lowest BCUT2D eigenvalue weighted by Crippen LogP contribution is -2.25. The normalized spacial score (nSPS) is 16.7. The lowest BCUT2D eigenvalue weighted by molar-refractivity contribution is -0.137. The zero-order chi connectivity index (χ0) is 23.2. The molecule has 1 aromatic heterocycles. The van der Waals surface area contributed by atoms with Gasteiger partial charge in [-0.3, -0.25) is 4.79 Å². The zero-order valence-electron chi connectivity index (χ0n) is 17.4. The van der Waals surface area contributed by atoms with Crippen molar-refractivity contribution in [1.82, 2.24) is 9.55 Å². The van der Waals surface area contributed by atoms with Gasteiger partial charge in [0.25, 0.3) is 0 Å². The second-order valence-electron chi connectivity index (χ2n) is 8.09. The highest BCUT2D eigenvalue weighted by Crippen LogP contribution is 2.36. The number of carbonyl (C=O) groups excluding carboxylic acids is 1. The fraction of sp³-hybridized carbons (Fsp3) is 0.200. The number of alkyl halides is 3. The number of fused-ring (bicyclic) bond motifs is 1.